The molecule has 5 heteroatoms. The Bertz CT molecular complexity index is 1060. The van der Waals surface area contributed by atoms with Gasteiger partial charge in [0.2, 0.25) is 0 Å². The van der Waals surface area contributed by atoms with Crippen LogP contribution in [0.2, 0.25) is 0 Å². The Morgan fingerprint density at radius 2 is 1.61 bits per heavy atom. The average Bonchev–Trinajstić information content (AvgIpc) is 3.00. The van der Waals surface area contributed by atoms with Crippen LogP contribution in [0.5, 0.6) is 0 Å². The van der Waals surface area contributed by atoms with Crippen molar-refractivity contribution in [2.75, 3.05) is 4.90 Å². The van der Waals surface area contributed by atoms with E-state index in [-0.39, 0.29) is 17.0 Å². The number of hydrogen-bond donors (Lipinski definition) is 1. The number of hydrogen-bond acceptors (Lipinski definition) is 4. The molecule has 1 N–H and O–H groups in total. The predicted molar refractivity (Wildman–Crippen MR) is 107 cm³/mol. The number of para-hydroxylation sites is 1. The number of ketones is 1. The Kier molecular flexibility index (Phi) is 4.49. The Balaban J connectivity index is 1.95. The zero-order chi connectivity index (χ0) is 19.7. The number of carbonyl (C=O) groups excluding carboxylic acids is 2. The molecule has 5 nitrogen and oxygen atoms in total. The number of amides is 1. The Hall–Kier alpha value is -3.73. The van der Waals surface area contributed by atoms with E-state index in [1.165, 1.54) is 11.1 Å². The average molecular weight is 370 g/mol. The van der Waals surface area contributed by atoms with E-state index in [1.807, 2.05) is 37.3 Å². The van der Waals surface area contributed by atoms with Crippen molar-refractivity contribution in [1.29, 1.82) is 0 Å². The fraction of sp³-hybridized carbons (Fsp3) is 0.0870. The van der Waals surface area contributed by atoms with Gasteiger partial charge in [0.05, 0.1) is 11.6 Å². The molecule has 1 fully saturated rings. The second-order valence-electron chi connectivity index (χ2n) is 6.63. The number of nitrogens with zero attached hydrogens (tertiary/aromatic N) is 2. The van der Waals surface area contributed by atoms with Crippen LogP contribution in [0.25, 0.3) is 5.76 Å². The monoisotopic (exact) mass is 370 g/mol. The molecule has 0 unspecified atom stereocenters. The summed E-state index contributed by atoms with van der Waals surface area (Å²) in [5.74, 6) is -1.67. The molecule has 2 aromatic carbocycles. The number of pyridine rings is 1. The van der Waals surface area contributed by atoms with Crippen molar-refractivity contribution >= 4 is 23.1 Å². The van der Waals surface area contributed by atoms with Crippen molar-refractivity contribution in [2.24, 2.45) is 0 Å². The van der Waals surface area contributed by atoms with Crippen LogP contribution in [-0.4, -0.2) is 21.8 Å². The van der Waals surface area contributed by atoms with Gasteiger partial charge >= 0.3 is 0 Å². The SMILES string of the molecule is Cc1ccc([C@@H]2/C(=C(\O)c3ccccn3)C(=O)C(=O)N2c2ccccc2)cc1. The second kappa shape index (κ2) is 7.12. The molecule has 1 saturated heterocycles. The largest absolute Gasteiger partial charge is 0.505 e. The summed E-state index contributed by atoms with van der Waals surface area (Å²) in [6, 6.07) is 20.9. The molecule has 0 spiro atoms. The minimum Gasteiger partial charge on any atom is -0.505 e. The van der Waals surface area contributed by atoms with Crippen LogP contribution >= 0.6 is 0 Å². The summed E-state index contributed by atoms with van der Waals surface area (Å²) in [5.41, 5.74) is 2.69. The predicted octanol–water partition coefficient (Wildman–Crippen LogP) is 4.02. The molecule has 28 heavy (non-hydrogen) atoms. The molecule has 4 rings (SSSR count). The first-order valence-corrected chi connectivity index (χ1v) is 8.92. The summed E-state index contributed by atoms with van der Waals surface area (Å²) in [7, 11) is 0. The number of aliphatic hydroxyl groups excluding tert-OH is 1. The highest BCUT2D eigenvalue weighted by molar-refractivity contribution is 6.51. The molecule has 3 aromatic rings. The number of rotatable bonds is 3. The first-order valence-electron chi connectivity index (χ1n) is 8.92. The van der Waals surface area contributed by atoms with Gasteiger partial charge in [0.15, 0.2) is 5.76 Å². The van der Waals surface area contributed by atoms with Gasteiger partial charge in [-0.3, -0.25) is 19.5 Å². The van der Waals surface area contributed by atoms with Crippen LogP contribution in [0.1, 0.15) is 22.9 Å². The van der Waals surface area contributed by atoms with Crippen LogP contribution in [0, 0.1) is 6.92 Å². The molecule has 0 aliphatic carbocycles. The number of benzene rings is 2. The summed E-state index contributed by atoms with van der Waals surface area (Å²) < 4.78 is 0. The van der Waals surface area contributed by atoms with Gasteiger partial charge in [0.25, 0.3) is 11.7 Å². The van der Waals surface area contributed by atoms with E-state index < -0.39 is 17.7 Å². The summed E-state index contributed by atoms with van der Waals surface area (Å²) in [6.07, 6.45) is 1.53. The third-order valence-corrected chi connectivity index (χ3v) is 4.78. The maximum absolute atomic E-state index is 12.9. The zero-order valence-corrected chi connectivity index (χ0v) is 15.2. The Morgan fingerprint density at radius 3 is 2.25 bits per heavy atom. The smallest absolute Gasteiger partial charge is 0.300 e. The molecular weight excluding hydrogens is 352 g/mol. The fourth-order valence-corrected chi connectivity index (χ4v) is 3.39. The summed E-state index contributed by atoms with van der Waals surface area (Å²) in [6.45, 7) is 1.96. The first kappa shape index (κ1) is 17.7. The van der Waals surface area contributed by atoms with Gasteiger partial charge in [-0.05, 0) is 36.8 Å². The molecule has 138 valence electrons. The first-order chi connectivity index (χ1) is 13.6. The molecule has 2 heterocycles. The van der Waals surface area contributed by atoms with Gasteiger partial charge in [0.1, 0.15) is 5.69 Å². The second-order valence-corrected chi connectivity index (χ2v) is 6.63. The molecule has 1 aliphatic rings. The lowest BCUT2D eigenvalue weighted by atomic mass is 9.95. The lowest BCUT2D eigenvalue weighted by molar-refractivity contribution is -0.132. The van der Waals surface area contributed by atoms with E-state index in [2.05, 4.69) is 4.98 Å². The lowest BCUT2D eigenvalue weighted by Gasteiger charge is -2.25. The minimum absolute atomic E-state index is 0.0383. The van der Waals surface area contributed by atoms with Gasteiger partial charge in [-0.25, -0.2) is 0 Å². The van der Waals surface area contributed by atoms with Gasteiger partial charge in [-0.1, -0.05) is 54.1 Å². The Morgan fingerprint density at radius 1 is 0.929 bits per heavy atom. The summed E-state index contributed by atoms with van der Waals surface area (Å²) in [4.78, 5) is 31.4. The molecular formula is C23H18N2O3. The highest BCUT2D eigenvalue weighted by atomic mass is 16.3. The molecule has 1 atom stereocenters. The zero-order valence-electron chi connectivity index (χ0n) is 15.2. The van der Waals surface area contributed by atoms with Crippen LogP contribution in [0.4, 0.5) is 5.69 Å². The third kappa shape index (κ3) is 2.97. The number of anilines is 1. The summed E-state index contributed by atoms with van der Waals surface area (Å²) >= 11 is 0. The molecule has 1 aliphatic heterocycles. The van der Waals surface area contributed by atoms with Crippen molar-refractivity contribution in [3.05, 3.63) is 101 Å². The lowest BCUT2D eigenvalue weighted by Crippen LogP contribution is -2.29. The molecule has 0 radical (unpaired) electrons. The van der Waals surface area contributed by atoms with Crippen molar-refractivity contribution < 1.29 is 14.7 Å². The van der Waals surface area contributed by atoms with Crippen LogP contribution < -0.4 is 4.90 Å². The normalized spacial score (nSPS) is 18.5. The number of aromatic nitrogens is 1. The number of Topliss-reactive ketones (excluding diaryl/α,β-unsaturated/α-hetero) is 1. The maximum Gasteiger partial charge on any atom is 0.300 e. The van der Waals surface area contributed by atoms with E-state index in [0.717, 1.165) is 11.1 Å². The van der Waals surface area contributed by atoms with E-state index in [4.69, 9.17) is 0 Å². The van der Waals surface area contributed by atoms with E-state index >= 15 is 0 Å². The van der Waals surface area contributed by atoms with Gasteiger partial charge < -0.3 is 5.11 Å². The van der Waals surface area contributed by atoms with Crippen molar-refractivity contribution in [2.45, 2.75) is 13.0 Å². The highest BCUT2D eigenvalue weighted by Gasteiger charge is 2.47. The third-order valence-electron chi connectivity index (χ3n) is 4.78. The topological polar surface area (TPSA) is 70.5 Å². The van der Waals surface area contributed by atoms with Crippen LogP contribution in [0.3, 0.4) is 0 Å². The molecule has 0 bridgehead atoms. The number of aryl methyl sites for hydroxylation is 1. The summed E-state index contributed by atoms with van der Waals surface area (Å²) in [5, 5.41) is 10.9. The van der Waals surface area contributed by atoms with E-state index in [9.17, 15) is 14.7 Å². The molecule has 1 amide bonds. The van der Waals surface area contributed by atoms with Gasteiger partial charge in [-0.15, -0.1) is 0 Å². The number of aliphatic hydroxyl groups is 1. The fourth-order valence-electron chi connectivity index (χ4n) is 3.39. The van der Waals surface area contributed by atoms with Crippen LogP contribution in [0.15, 0.2) is 84.6 Å². The van der Waals surface area contributed by atoms with Crippen LogP contribution in [-0.2, 0) is 9.59 Å². The highest BCUT2D eigenvalue weighted by Crippen LogP contribution is 2.41. The standard InChI is InChI=1S/C23H18N2O3/c1-15-10-12-16(13-11-15)20-19(21(26)18-9-5-6-14-24-18)22(27)23(28)25(20)17-7-3-2-4-8-17/h2-14,20,26H,1H3/b21-19+/t20-/m1/s1. The van der Waals surface area contributed by atoms with E-state index in [1.54, 1.807) is 42.5 Å². The van der Waals surface area contributed by atoms with E-state index in [0.29, 0.717) is 5.69 Å². The quantitative estimate of drug-likeness (QED) is 0.429. The minimum atomic E-state index is -0.731. The van der Waals surface area contributed by atoms with Crippen molar-refractivity contribution in [3.8, 4) is 0 Å². The van der Waals surface area contributed by atoms with Crippen molar-refractivity contribution in [1.82, 2.24) is 4.98 Å². The van der Waals surface area contributed by atoms with Gasteiger partial charge in [0, 0.05) is 11.9 Å². The maximum atomic E-state index is 12.9. The molecule has 0 saturated carbocycles. The van der Waals surface area contributed by atoms with Crippen molar-refractivity contribution in [3.63, 3.8) is 0 Å². The Labute approximate surface area is 162 Å². The van der Waals surface area contributed by atoms with Gasteiger partial charge in [-0.2, -0.15) is 0 Å². The number of carbonyl (C=O) groups is 2. The molecule has 1 aromatic heterocycles.